The van der Waals surface area contributed by atoms with Gasteiger partial charge in [0, 0.05) is 23.0 Å². The molecule has 122 valence electrons. The summed E-state index contributed by atoms with van der Waals surface area (Å²) in [5.41, 5.74) is 4.63. The molecule has 4 heteroatoms. The van der Waals surface area contributed by atoms with Crippen molar-refractivity contribution in [2.24, 2.45) is 0 Å². The summed E-state index contributed by atoms with van der Waals surface area (Å²) in [6.07, 6.45) is 5.82. The molecule has 1 aliphatic rings. The van der Waals surface area contributed by atoms with Gasteiger partial charge in [-0.25, -0.2) is 0 Å². The number of hydrogen-bond donors (Lipinski definition) is 3. The minimum absolute atomic E-state index is 0.0381. The minimum atomic E-state index is -0.781. The molecule has 0 saturated heterocycles. The third-order valence-corrected chi connectivity index (χ3v) is 4.68. The van der Waals surface area contributed by atoms with Crippen LogP contribution in [0.3, 0.4) is 0 Å². The molecule has 1 aliphatic heterocycles. The van der Waals surface area contributed by atoms with Crippen LogP contribution in [-0.2, 0) is 11.2 Å². The summed E-state index contributed by atoms with van der Waals surface area (Å²) >= 11 is 0. The van der Waals surface area contributed by atoms with Crippen LogP contribution in [0.1, 0.15) is 50.4 Å². The Morgan fingerprint density at radius 3 is 2.83 bits per heavy atom. The summed E-state index contributed by atoms with van der Waals surface area (Å²) in [6, 6.07) is 7.58. The van der Waals surface area contributed by atoms with Crippen LogP contribution in [0.25, 0.3) is 10.9 Å². The third-order valence-electron chi connectivity index (χ3n) is 4.68. The molecule has 0 aliphatic carbocycles. The molecular weight excluding hydrogens is 288 g/mol. The van der Waals surface area contributed by atoms with Gasteiger partial charge in [0.15, 0.2) is 0 Å². The highest BCUT2D eigenvalue weighted by Crippen LogP contribution is 2.36. The van der Waals surface area contributed by atoms with Gasteiger partial charge in [0.1, 0.15) is 6.04 Å². The third kappa shape index (κ3) is 2.91. The SMILES string of the molecule is CCCC=C(CC)C1NC(C(=O)O)Cc2c1[nH]c1ccccc21. The number of hydrogen-bond acceptors (Lipinski definition) is 2. The van der Waals surface area contributed by atoms with Gasteiger partial charge in [0.2, 0.25) is 0 Å². The van der Waals surface area contributed by atoms with Crippen LogP contribution in [0.15, 0.2) is 35.9 Å². The molecule has 0 saturated carbocycles. The minimum Gasteiger partial charge on any atom is -0.480 e. The van der Waals surface area contributed by atoms with Gasteiger partial charge >= 0.3 is 5.97 Å². The Labute approximate surface area is 136 Å². The lowest BCUT2D eigenvalue weighted by Crippen LogP contribution is -2.45. The zero-order valence-electron chi connectivity index (χ0n) is 13.7. The number of fused-ring (bicyclic) bond motifs is 3. The Morgan fingerprint density at radius 1 is 1.35 bits per heavy atom. The second-order valence-corrected chi connectivity index (χ2v) is 6.18. The first kappa shape index (κ1) is 15.8. The molecule has 2 aromatic rings. The van der Waals surface area contributed by atoms with Crippen molar-refractivity contribution in [1.29, 1.82) is 0 Å². The summed E-state index contributed by atoms with van der Waals surface area (Å²) in [4.78, 5) is 15.1. The number of carboxylic acids is 1. The predicted molar refractivity (Wildman–Crippen MR) is 92.6 cm³/mol. The Morgan fingerprint density at radius 2 is 2.13 bits per heavy atom. The number of carboxylic acid groups (broad SMARTS) is 1. The lowest BCUT2D eigenvalue weighted by Gasteiger charge is -2.31. The zero-order chi connectivity index (χ0) is 16.4. The number of nitrogens with one attached hydrogen (secondary N) is 2. The highest BCUT2D eigenvalue weighted by molar-refractivity contribution is 5.87. The van der Waals surface area contributed by atoms with E-state index in [0.29, 0.717) is 6.42 Å². The molecule has 2 heterocycles. The van der Waals surface area contributed by atoms with E-state index < -0.39 is 12.0 Å². The normalized spacial score (nSPS) is 21.4. The molecule has 4 nitrogen and oxygen atoms in total. The highest BCUT2D eigenvalue weighted by Gasteiger charge is 2.34. The lowest BCUT2D eigenvalue weighted by atomic mass is 9.89. The van der Waals surface area contributed by atoms with Gasteiger partial charge in [-0.2, -0.15) is 0 Å². The Balaban J connectivity index is 2.11. The maximum atomic E-state index is 11.6. The first-order valence-electron chi connectivity index (χ1n) is 8.42. The summed E-state index contributed by atoms with van der Waals surface area (Å²) < 4.78 is 0. The molecule has 3 N–H and O–H groups in total. The average molecular weight is 312 g/mol. The second-order valence-electron chi connectivity index (χ2n) is 6.18. The van der Waals surface area contributed by atoms with E-state index >= 15 is 0 Å². The van der Waals surface area contributed by atoms with Crippen molar-refractivity contribution >= 4 is 16.9 Å². The number of benzene rings is 1. The lowest BCUT2D eigenvalue weighted by molar-refractivity contribution is -0.139. The van der Waals surface area contributed by atoms with Crippen molar-refractivity contribution in [2.75, 3.05) is 0 Å². The number of unbranched alkanes of at least 4 members (excludes halogenated alkanes) is 1. The van der Waals surface area contributed by atoms with E-state index in [4.69, 9.17) is 0 Å². The maximum absolute atomic E-state index is 11.6. The molecule has 23 heavy (non-hydrogen) atoms. The van der Waals surface area contributed by atoms with Crippen molar-refractivity contribution in [3.63, 3.8) is 0 Å². The number of H-pyrrole nitrogens is 1. The molecule has 2 atom stereocenters. The molecular formula is C19H24N2O2. The Bertz CT molecular complexity index is 745. The largest absolute Gasteiger partial charge is 0.480 e. The molecule has 0 bridgehead atoms. The number of para-hydroxylation sites is 1. The van der Waals surface area contributed by atoms with Crippen LogP contribution in [0.2, 0.25) is 0 Å². The molecule has 0 fully saturated rings. The van der Waals surface area contributed by atoms with E-state index in [0.717, 1.165) is 41.4 Å². The molecule has 2 unspecified atom stereocenters. The number of aromatic amines is 1. The van der Waals surface area contributed by atoms with Crippen molar-refractivity contribution < 1.29 is 9.90 Å². The van der Waals surface area contributed by atoms with E-state index in [1.54, 1.807) is 0 Å². The topological polar surface area (TPSA) is 65.1 Å². The predicted octanol–water partition coefficient (Wildman–Crippen LogP) is 3.94. The van der Waals surface area contributed by atoms with Gasteiger partial charge in [-0.3, -0.25) is 10.1 Å². The van der Waals surface area contributed by atoms with Crippen LogP contribution in [-0.4, -0.2) is 22.1 Å². The smallest absolute Gasteiger partial charge is 0.321 e. The fourth-order valence-corrected chi connectivity index (χ4v) is 3.48. The first-order valence-corrected chi connectivity index (χ1v) is 8.42. The monoisotopic (exact) mass is 312 g/mol. The van der Waals surface area contributed by atoms with E-state index in [2.05, 4.69) is 42.4 Å². The summed E-state index contributed by atoms with van der Waals surface area (Å²) in [7, 11) is 0. The van der Waals surface area contributed by atoms with E-state index in [-0.39, 0.29) is 6.04 Å². The Hall–Kier alpha value is -2.07. The molecule has 0 radical (unpaired) electrons. The van der Waals surface area contributed by atoms with Gasteiger partial charge in [-0.05, 0) is 24.5 Å². The van der Waals surface area contributed by atoms with E-state index in [1.807, 2.05) is 12.1 Å². The average Bonchev–Trinajstić information content (AvgIpc) is 2.94. The summed E-state index contributed by atoms with van der Waals surface area (Å²) in [5, 5.41) is 14.0. The van der Waals surface area contributed by atoms with Gasteiger partial charge in [0.25, 0.3) is 0 Å². The maximum Gasteiger partial charge on any atom is 0.321 e. The van der Waals surface area contributed by atoms with E-state index in [1.165, 1.54) is 5.57 Å². The number of carbonyl (C=O) groups is 1. The highest BCUT2D eigenvalue weighted by atomic mass is 16.4. The molecule has 1 aromatic heterocycles. The fraction of sp³-hybridized carbons (Fsp3) is 0.421. The summed E-state index contributed by atoms with van der Waals surface area (Å²) in [5.74, 6) is -0.781. The van der Waals surface area contributed by atoms with Crippen molar-refractivity contribution in [2.45, 2.75) is 51.6 Å². The Kier molecular flexibility index (Phi) is 4.53. The van der Waals surface area contributed by atoms with Gasteiger partial charge in [-0.1, -0.05) is 50.1 Å². The molecule has 1 aromatic carbocycles. The summed E-state index contributed by atoms with van der Waals surface area (Å²) in [6.45, 7) is 4.29. The quantitative estimate of drug-likeness (QED) is 0.733. The van der Waals surface area contributed by atoms with Gasteiger partial charge in [0.05, 0.1) is 6.04 Å². The molecule has 0 spiro atoms. The second kappa shape index (κ2) is 6.59. The van der Waals surface area contributed by atoms with Crippen LogP contribution in [0.5, 0.6) is 0 Å². The van der Waals surface area contributed by atoms with E-state index in [9.17, 15) is 9.90 Å². The zero-order valence-corrected chi connectivity index (χ0v) is 13.7. The molecule has 3 rings (SSSR count). The van der Waals surface area contributed by atoms with Crippen LogP contribution >= 0.6 is 0 Å². The van der Waals surface area contributed by atoms with Crippen molar-refractivity contribution in [3.05, 3.63) is 47.2 Å². The number of aromatic nitrogens is 1. The number of rotatable bonds is 5. The number of allylic oxidation sites excluding steroid dienone is 1. The first-order chi connectivity index (χ1) is 11.2. The standard InChI is InChI=1S/C19H24N2O2/c1-3-5-8-12(4-2)17-18-14(11-16(21-17)19(22)23)13-9-6-7-10-15(13)20-18/h6-10,16-17,20-21H,3-5,11H2,1-2H3,(H,22,23). The van der Waals surface area contributed by atoms with Crippen LogP contribution < -0.4 is 5.32 Å². The number of aliphatic carboxylic acids is 1. The van der Waals surface area contributed by atoms with Crippen LogP contribution in [0.4, 0.5) is 0 Å². The fourth-order valence-electron chi connectivity index (χ4n) is 3.48. The van der Waals surface area contributed by atoms with Gasteiger partial charge < -0.3 is 10.1 Å². The molecule has 0 amide bonds. The van der Waals surface area contributed by atoms with Crippen molar-refractivity contribution in [3.8, 4) is 0 Å². The van der Waals surface area contributed by atoms with Crippen LogP contribution in [0, 0.1) is 0 Å². The van der Waals surface area contributed by atoms with Gasteiger partial charge in [-0.15, -0.1) is 0 Å². The van der Waals surface area contributed by atoms with Crippen molar-refractivity contribution in [1.82, 2.24) is 10.3 Å².